The molecule has 9 aliphatic rings. The van der Waals surface area contributed by atoms with Crippen LogP contribution < -0.4 is 14.2 Å². The molecule has 8 saturated carbocycles. The minimum absolute atomic E-state index is 0.134. The first-order chi connectivity index (χ1) is 38.3. The molecule has 0 spiro atoms. The molecule has 8 bridgehead atoms. The lowest BCUT2D eigenvalue weighted by molar-refractivity contribution is -0.217. The first-order valence-corrected chi connectivity index (χ1v) is 28.2. The molecular formula is C67H80O14. The third-order valence-electron chi connectivity index (χ3n) is 16.6. The van der Waals surface area contributed by atoms with Gasteiger partial charge in [-0.05, 0) is 195 Å². The maximum atomic E-state index is 12.0. The van der Waals surface area contributed by atoms with Gasteiger partial charge in [0.2, 0.25) is 6.29 Å². The van der Waals surface area contributed by atoms with E-state index < -0.39 is 35.4 Å². The monoisotopic (exact) mass is 1110 g/mol. The fourth-order valence-corrected chi connectivity index (χ4v) is 13.4. The predicted molar refractivity (Wildman–Crippen MR) is 309 cm³/mol. The van der Waals surface area contributed by atoms with E-state index in [1.807, 2.05) is 36.4 Å². The Hall–Kier alpha value is -7.45. The Morgan fingerprint density at radius 3 is 1.62 bits per heavy atom. The molecule has 432 valence electrons. The maximum Gasteiger partial charge on any atom is 0.338 e. The number of aryl methyl sites for hydroxylation is 1. The van der Waals surface area contributed by atoms with Crippen molar-refractivity contribution in [1.82, 2.24) is 0 Å². The highest BCUT2D eigenvalue weighted by atomic mass is 16.7. The fraction of sp³-hybridized carbons (Fsp3) is 0.448. The largest absolute Gasteiger partial charge is 0.508 e. The van der Waals surface area contributed by atoms with Crippen LogP contribution in [-0.2, 0) is 44.6 Å². The molecule has 0 saturated heterocycles. The van der Waals surface area contributed by atoms with E-state index in [4.69, 9.17) is 33.5 Å². The second kappa shape index (κ2) is 26.0. The molecule has 3 atom stereocenters. The number of esters is 5. The number of carbonyl (C=O) groups is 5. The van der Waals surface area contributed by atoms with Crippen molar-refractivity contribution in [2.24, 2.45) is 35.5 Å². The van der Waals surface area contributed by atoms with E-state index in [1.165, 1.54) is 68.9 Å². The quantitative estimate of drug-likeness (QED) is 0.0554. The summed E-state index contributed by atoms with van der Waals surface area (Å²) in [5.74, 6) is 4.24. The Labute approximate surface area is 476 Å². The van der Waals surface area contributed by atoms with Gasteiger partial charge in [0.05, 0.1) is 5.60 Å². The minimum Gasteiger partial charge on any atom is -0.508 e. The Morgan fingerprint density at radius 2 is 1.07 bits per heavy atom. The highest BCUT2D eigenvalue weighted by Gasteiger charge is 2.60. The first-order valence-electron chi connectivity index (χ1n) is 28.2. The lowest BCUT2D eigenvalue weighted by atomic mass is 9.49. The van der Waals surface area contributed by atoms with Gasteiger partial charge < -0.3 is 43.7 Å². The number of fused-ring (bicyclic) bond motifs is 2. The summed E-state index contributed by atoms with van der Waals surface area (Å²) in [5.41, 5.74) is 2.09. The molecule has 8 fully saturated rings. The van der Waals surface area contributed by atoms with Gasteiger partial charge in [-0.15, -0.1) is 0 Å². The summed E-state index contributed by atoms with van der Waals surface area (Å²) in [7, 11) is 0. The van der Waals surface area contributed by atoms with E-state index in [-0.39, 0.29) is 29.0 Å². The number of benzene rings is 4. The molecule has 0 amide bonds. The normalized spacial score (nSPS) is 27.1. The number of hydrogen-bond donors (Lipinski definition) is 3. The standard InChI is InChI=1S/C16H24O2.C14H20O3.C14H12O3.C13H14O3.C10H10O3/c1-4-16(18-15(17)10(2)3)13-6-11-5-12(8-13)9-14(16)7-11;1-9(2)12(15)17-14-6-10-3-11(7-14)5-13(16,4-10)8-14;1-9(2)14(16)17-13-8-7-12(15)10-5-3-4-6-11(10)13;1-9(2)13(14)16-12-8-7-10-5-3-4-6-11(10)15-12;1-7(2)10(12)13-9-5-3-8(11)4-6-9/h11-14H,2,4-9H2,1,3H3;10-11,16H,1,3-8H2,2H3;3-8,15H,1H2,2H3;3-6,12H,1,7-8H2,2H3;3-6,11H,1H2,2H3. The molecule has 0 aromatic heterocycles. The van der Waals surface area contributed by atoms with Gasteiger partial charge in [-0.25, -0.2) is 24.0 Å². The third kappa shape index (κ3) is 15.3. The summed E-state index contributed by atoms with van der Waals surface area (Å²) < 4.78 is 32.5. The summed E-state index contributed by atoms with van der Waals surface area (Å²) in [6.45, 7) is 28.3. The molecule has 13 rings (SSSR count). The van der Waals surface area contributed by atoms with Crippen molar-refractivity contribution in [2.75, 3.05) is 0 Å². The molecule has 3 N–H and O–H groups in total. The molecule has 8 aliphatic carbocycles. The van der Waals surface area contributed by atoms with E-state index in [0.29, 0.717) is 86.7 Å². The highest BCUT2D eigenvalue weighted by molar-refractivity contribution is 5.97. The lowest BCUT2D eigenvalue weighted by Crippen LogP contribution is -2.60. The number of aromatic hydroxyl groups is 2. The highest BCUT2D eigenvalue weighted by Crippen LogP contribution is 2.61. The van der Waals surface area contributed by atoms with Gasteiger partial charge in [-0.1, -0.05) is 82.3 Å². The Balaban J connectivity index is 0.000000147. The first kappa shape index (κ1) is 61.2. The van der Waals surface area contributed by atoms with Crippen molar-refractivity contribution in [2.45, 2.75) is 155 Å². The van der Waals surface area contributed by atoms with E-state index in [9.17, 15) is 34.2 Å². The number of carbonyl (C=O) groups excluding carboxylic acids is 5. The minimum atomic E-state index is -0.570. The molecule has 81 heavy (non-hydrogen) atoms. The summed E-state index contributed by atoms with van der Waals surface area (Å²) >= 11 is 0. The van der Waals surface area contributed by atoms with Crippen molar-refractivity contribution in [1.29, 1.82) is 0 Å². The van der Waals surface area contributed by atoms with Gasteiger partial charge in [-0.3, -0.25) is 0 Å². The molecule has 3 unspecified atom stereocenters. The zero-order chi connectivity index (χ0) is 59.0. The second-order valence-corrected chi connectivity index (χ2v) is 23.7. The van der Waals surface area contributed by atoms with Gasteiger partial charge in [0.25, 0.3) is 0 Å². The van der Waals surface area contributed by atoms with E-state index in [0.717, 1.165) is 61.7 Å². The molecule has 14 heteroatoms. The zero-order valence-electron chi connectivity index (χ0n) is 47.9. The van der Waals surface area contributed by atoms with Crippen LogP contribution in [0, 0.1) is 35.5 Å². The van der Waals surface area contributed by atoms with Crippen molar-refractivity contribution < 1.29 is 67.7 Å². The summed E-state index contributed by atoms with van der Waals surface area (Å²) in [6.07, 6.45) is 14.1. The molecule has 14 nitrogen and oxygen atoms in total. The molecular weight excluding hydrogens is 1030 g/mol. The van der Waals surface area contributed by atoms with Crippen LogP contribution in [0.5, 0.6) is 28.7 Å². The SMILES string of the molecule is C=C(C)C(=O)OC1(CC)C2CC3CC(C2)CC1C3.C=C(C)C(=O)OC12CC3CC(CC(O)(C3)C1)C2.C=C(C)C(=O)OC1CCc2ccccc2O1.C=C(C)C(=O)Oc1ccc(O)c2ccccc12.C=C(C)C(=O)Oc1ccc(O)cc1. The van der Waals surface area contributed by atoms with Crippen LogP contribution >= 0.6 is 0 Å². The van der Waals surface area contributed by atoms with Gasteiger partial charge in [0, 0.05) is 51.5 Å². The smallest absolute Gasteiger partial charge is 0.338 e. The molecule has 1 heterocycles. The number of rotatable bonds is 11. The van der Waals surface area contributed by atoms with Crippen LogP contribution in [0.3, 0.4) is 0 Å². The zero-order valence-corrected chi connectivity index (χ0v) is 47.9. The second-order valence-electron chi connectivity index (χ2n) is 23.7. The summed E-state index contributed by atoms with van der Waals surface area (Å²) in [6, 6.07) is 24.0. The number of para-hydroxylation sites is 1. The Morgan fingerprint density at radius 1 is 0.568 bits per heavy atom. The van der Waals surface area contributed by atoms with Crippen LogP contribution in [0.25, 0.3) is 10.8 Å². The summed E-state index contributed by atoms with van der Waals surface area (Å²) in [5, 5.41) is 30.5. The third-order valence-corrected chi connectivity index (χ3v) is 16.6. The van der Waals surface area contributed by atoms with Crippen molar-refractivity contribution in [3.8, 4) is 28.7 Å². The van der Waals surface area contributed by atoms with Crippen molar-refractivity contribution in [3.05, 3.63) is 151 Å². The van der Waals surface area contributed by atoms with Gasteiger partial charge in [-0.2, -0.15) is 0 Å². The molecule has 4 aromatic carbocycles. The van der Waals surface area contributed by atoms with Crippen LogP contribution in [-0.4, -0.2) is 68.3 Å². The topological polar surface area (TPSA) is 201 Å². The van der Waals surface area contributed by atoms with E-state index in [2.05, 4.69) is 39.8 Å². The number of ether oxygens (including phenoxy) is 6. The van der Waals surface area contributed by atoms with Crippen LogP contribution in [0.2, 0.25) is 0 Å². The van der Waals surface area contributed by atoms with E-state index >= 15 is 0 Å². The molecule has 0 radical (unpaired) electrons. The van der Waals surface area contributed by atoms with Crippen LogP contribution in [0.1, 0.15) is 131 Å². The number of hydrogen-bond acceptors (Lipinski definition) is 14. The number of phenolic OH excluding ortho intramolecular Hbond substituents is 2. The average molecular weight is 1110 g/mol. The predicted octanol–water partition coefficient (Wildman–Crippen LogP) is 13.3. The summed E-state index contributed by atoms with van der Waals surface area (Å²) in [4.78, 5) is 57.5. The fourth-order valence-electron chi connectivity index (χ4n) is 13.4. The Kier molecular flexibility index (Phi) is 19.6. The van der Waals surface area contributed by atoms with Crippen LogP contribution in [0.15, 0.2) is 146 Å². The average Bonchev–Trinajstić information content (AvgIpc) is 3.41. The molecule has 4 aromatic rings. The van der Waals surface area contributed by atoms with Crippen LogP contribution in [0.4, 0.5) is 0 Å². The van der Waals surface area contributed by atoms with Gasteiger partial charge >= 0.3 is 29.8 Å². The maximum absolute atomic E-state index is 12.0. The van der Waals surface area contributed by atoms with Gasteiger partial charge in [0.15, 0.2) is 0 Å². The number of phenols is 2. The van der Waals surface area contributed by atoms with Gasteiger partial charge in [0.1, 0.15) is 39.9 Å². The van der Waals surface area contributed by atoms with E-state index in [1.54, 1.807) is 52.8 Å². The number of aliphatic hydroxyl groups is 1. The Bertz CT molecular complexity index is 3010. The molecule has 1 aliphatic heterocycles. The van der Waals surface area contributed by atoms with Crippen molar-refractivity contribution in [3.63, 3.8) is 0 Å². The lowest BCUT2D eigenvalue weighted by Gasteiger charge is -2.60. The van der Waals surface area contributed by atoms with Crippen molar-refractivity contribution >= 4 is 40.6 Å².